The van der Waals surface area contributed by atoms with Gasteiger partial charge in [0.1, 0.15) is 5.82 Å². The van der Waals surface area contributed by atoms with Crippen LogP contribution in [-0.2, 0) is 16.1 Å². The van der Waals surface area contributed by atoms with Crippen molar-refractivity contribution in [2.24, 2.45) is 11.1 Å². The van der Waals surface area contributed by atoms with Gasteiger partial charge in [0.05, 0.1) is 17.6 Å². The zero-order valence-corrected chi connectivity index (χ0v) is 16.2. The predicted octanol–water partition coefficient (Wildman–Crippen LogP) is 2.40. The number of anilines is 2. The number of amides is 1. The summed E-state index contributed by atoms with van der Waals surface area (Å²) in [6.45, 7) is 1.91. The van der Waals surface area contributed by atoms with Crippen molar-refractivity contribution in [2.75, 3.05) is 25.1 Å². The third-order valence-electron chi connectivity index (χ3n) is 5.57. The van der Waals surface area contributed by atoms with E-state index in [1.807, 2.05) is 37.5 Å². The third-order valence-corrected chi connectivity index (χ3v) is 5.57. The summed E-state index contributed by atoms with van der Waals surface area (Å²) in [5.41, 5.74) is 7.07. The van der Waals surface area contributed by atoms with Crippen molar-refractivity contribution < 1.29 is 9.53 Å². The number of hydrogen-bond acceptors (Lipinski definition) is 5. The molecule has 1 aromatic carbocycles. The average molecular weight is 389 g/mol. The van der Waals surface area contributed by atoms with Gasteiger partial charge in [0.15, 0.2) is 0 Å². The second kappa shape index (κ2) is 7.46. The Morgan fingerprint density at radius 1 is 1.26 bits per heavy atom. The molecule has 3 N–H and O–H groups in total. The van der Waals surface area contributed by atoms with Gasteiger partial charge in [-0.05, 0) is 36.6 Å². The lowest BCUT2D eigenvalue weighted by molar-refractivity contribution is -0.132. The number of hydrogen-bond donors (Lipinski definition) is 2. The summed E-state index contributed by atoms with van der Waals surface area (Å²) in [7, 11) is 2.01. The summed E-state index contributed by atoms with van der Waals surface area (Å²) in [5, 5.41) is 3.43. The number of ether oxygens (including phenoxy) is 1. The maximum Gasteiger partial charge on any atom is 0.226 e. The summed E-state index contributed by atoms with van der Waals surface area (Å²) in [5.74, 6) is 0.677. The van der Waals surface area contributed by atoms with Crippen LogP contribution < -0.4 is 16.0 Å². The maximum absolute atomic E-state index is 11.5. The first-order chi connectivity index (χ1) is 12.5. The molecule has 27 heavy (non-hydrogen) atoms. The lowest BCUT2D eigenvalue weighted by Gasteiger charge is -2.42. The number of aromatic nitrogens is 1. The number of nitrogens with two attached hydrogens (primary N) is 1. The van der Waals surface area contributed by atoms with Crippen molar-refractivity contribution in [3.05, 3.63) is 54.2 Å². The molecule has 2 aromatic rings. The smallest absolute Gasteiger partial charge is 0.226 e. The highest BCUT2D eigenvalue weighted by Crippen LogP contribution is 2.57. The normalized spacial score (nSPS) is 25.4. The fraction of sp³-hybridized carbons (Fsp3) is 0.400. The fourth-order valence-electron chi connectivity index (χ4n) is 4.04. The lowest BCUT2D eigenvalue weighted by atomic mass is 9.62. The topological polar surface area (TPSA) is 80.5 Å². The van der Waals surface area contributed by atoms with Crippen LogP contribution in [0.2, 0.25) is 0 Å². The molecular formula is C20H25ClN4O2. The van der Waals surface area contributed by atoms with E-state index in [9.17, 15) is 4.79 Å². The number of nitrogens with zero attached hydrogens (tertiary/aromatic N) is 2. The van der Waals surface area contributed by atoms with Gasteiger partial charge in [0.25, 0.3) is 0 Å². The molecule has 144 valence electrons. The van der Waals surface area contributed by atoms with Gasteiger partial charge in [-0.3, -0.25) is 4.79 Å². The molecule has 1 aliphatic carbocycles. The van der Waals surface area contributed by atoms with E-state index in [-0.39, 0.29) is 23.9 Å². The van der Waals surface area contributed by atoms with E-state index in [4.69, 9.17) is 10.5 Å². The number of carbonyl (C=O) groups is 1. The highest BCUT2D eigenvalue weighted by molar-refractivity contribution is 5.85. The van der Waals surface area contributed by atoms with E-state index in [0.717, 1.165) is 43.0 Å². The molecule has 1 amide bonds. The molecule has 3 fully saturated rings. The fourth-order valence-corrected chi connectivity index (χ4v) is 4.04. The largest absolute Gasteiger partial charge is 0.372 e. The van der Waals surface area contributed by atoms with Gasteiger partial charge in [0, 0.05) is 32.0 Å². The molecule has 0 unspecified atom stereocenters. The number of fused-ring (bicyclic) bond motifs is 1. The zero-order valence-electron chi connectivity index (χ0n) is 15.4. The molecule has 3 heterocycles. The minimum Gasteiger partial charge on any atom is -0.372 e. The molecule has 2 saturated heterocycles. The highest BCUT2D eigenvalue weighted by Gasteiger charge is 2.65. The minimum absolute atomic E-state index is 0. The summed E-state index contributed by atoms with van der Waals surface area (Å²) in [6, 6.07) is 14.3. The molecule has 7 heteroatoms. The minimum atomic E-state index is -0.410. The van der Waals surface area contributed by atoms with Gasteiger partial charge in [-0.1, -0.05) is 24.3 Å². The van der Waals surface area contributed by atoms with Gasteiger partial charge in [0.2, 0.25) is 5.91 Å². The Bertz CT molecular complexity index is 791. The number of nitrogens with one attached hydrogen (secondary N) is 1. The summed E-state index contributed by atoms with van der Waals surface area (Å²) in [4.78, 5) is 18.1. The first kappa shape index (κ1) is 19.6. The van der Waals surface area contributed by atoms with Crippen molar-refractivity contribution in [3.8, 4) is 0 Å². The third kappa shape index (κ3) is 3.65. The van der Waals surface area contributed by atoms with Crippen molar-refractivity contribution >= 4 is 29.8 Å². The van der Waals surface area contributed by atoms with E-state index >= 15 is 0 Å². The molecular weight excluding hydrogens is 364 g/mol. The van der Waals surface area contributed by atoms with Crippen molar-refractivity contribution in [2.45, 2.75) is 25.0 Å². The van der Waals surface area contributed by atoms with Crippen LogP contribution >= 0.6 is 12.4 Å². The van der Waals surface area contributed by atoms with Gasteiger partial charge in [-0.15, -0.1) is 12.4 Å². The van der Waals surface area contributed by atoms with Crippen molar-refractivity contribution in [1.29, 1.82) is 0 Å². The van der Waals surface area contributed by atoms with Crippen LogP contribution in [0.25, 0.3) is 0 Å². The SMILES string of the molecule is CN(c1ccccc1)c1ccc(CNCC23CC(C(N)=O)(CO2)C3)cn1.Cl. The number of para-hydroxylation sites is 1. The Labute approximate surface area is 165 Å². The summed E-state index contributed by atoms with van der Waals surface area (Å²) >= 11 is 0. The Morgan fingerprint density at radius 2 is 2.00 bits per heavy atom. The van der Waals surface area contributed by atoms with Crippen LogP contribution in [0.5, 0.6) is 0 Å². The number of primary amides is 1. The number of carbonyl (C=O) groups excluding carboxylic acids is 1. The van der Waals surface area contributed by atoms with Crippen molar-refractivity contribution in [3.63, 3.8) is 0 Å². The Balaban J connectivity index is 0.00000210. The van der Waals surface area contributed by atoms with Gasteiger partial charge in [-0.2, -0.15) is 0 Å². The van der Waals surface area contributed by atoms with Gasteiger partial charge >= 0.3 is 0 Å². The molecule has 1 saturated carbocycles. The van der Waals surface area contributed by atoms with Crippen LogP contribution in [0.4, 0.5) is 11.5 Å². The maximum atomic E-state index is 11.5. The standard InChI is InChI=1S/C20H24N4O2.ClH/c1-24(16-5-3-2-4-6-16)17-8-7-15(10-23-17)9-22-13-20-11-19(12-20,14-26-20)18(21)25;/h2-8,10,22H,9,11-14H2,1H3,(H2,21,25);1H. The predicted molar refractivity (Wildman–Crippen MR) is 107 cm³/mol. The monoisotopic (exact) mass is 388 g/mol. The molecule has 2 aliphatic heterocycles. The Kier molecular flexibility index (Phi) is 5.42. The number of pyridine rings is 1. The van der Waals surface area contributed by atoms with E-state index in [2.05, 4.69) is 33.4 Å². The quantitative estimate of drug-likeness (QED) is 0.761. The zero-order chi connectivity index (χ0) is 18.2. The average Bonchev–Trinajstić information content (AvgIpc) is 3.20. The van der Waals surface area contributed by atoms with E-state index in [1.54, 1.807) is 0 Å². The van der Waals surface area contributed by atoms with Gasteiger partial charge in [-0.25, -0.2) is 4.98 Å². The van der Waals surface area contributed by atoms with Crippen molar-refractivity contribution in [1.82, 2.24) is 10.3 Å². The first-order valence-electron chi connectivity index (χ1n) is 8.90. The van der Waals surface area contributed by atoms with E-state index in [0.29, 0.717) is 6.61 Å². The summed E-state index contributed by atoms with van der Waals surface area (Å²) < 4.78 is 5.83. The lowest BCUT2D eigenvalue weighted by Crippen LogP contribution is -2.55. The molecule has 5 rings (SSSR count). The number of rotatable bonds is 7. The van der Waals surface area contributed by atoms with Crippen LogP contribution in [0.1, 0.15) is 18.4 Å². The second-order valence-corrected chi connectivity index (χ2v) is 7.49. The van der Waals surface area contributed by atoms with Crippen LogP contribution in [0, 0.1) is 5.41 Å². The molecule has 3 aliphatic rings. The van der Waals surface area contributed by atoms with Crippen LogP contribution in [0.15, 0.2) is 48.7 Å². The second-order valence-electron chi connectivity index (χ2n) is 7.49. The molecule has 1 aromatic heterocycles. The Morgan fingerprint density at radius 3 is 2.59 bits per heavy atom. The van der Waals surface area contributed by atoms with Crippen LogP contribution in [0.3, 0.4) is 0 Å². The molecule has 0 radical (unpaired) electrons. The number of halogens is 1. The number of benzene rings is 1. The molecule has 2 bridgehead atoms. The highest BCUT2D eigenvalue weighted by atomic mass is 35.5. The molecule has 0 spiro atoms. The molecule has 0 atom stereocenters. The van der Waals surface area contributed by atoms with Crippen LogP contribution in [-0.4, -0.2) is 36.7 Å². The van der Waals surface area contributed by atoms with Gasteiger partial charge < -0.3 is 20.7 Å². The summed E-state index contributed by atoms with van der Waals surface area (Å²) in [6.07, 6.45) is 3.37. The van der Waals surface area contributed by atoms with E-state index < -0.39 is 5.41 Å². The first-order valence-corrected chi connectivity index (χ1v) is 8.90. The molecule has 6 nitrogen and oxygen atoms in total. The van der Waals surface area contributed by atoms with E-state index in [1.165, 1.54) is 0 Å². The Hall–Kier alpha value is -2.15.